The molecule has 2 heterocycles. The molecule has 4 rings (SSSR count). The molecule has 0 saturated carbocycles. The normalized spacial score (nSPS) is 17.8. The summed E-state index contributed by atoms with van der Waals surface area (Å²) >= 11 is 0. The number of ether oxygens (including phenoxy) is 1. The van der Waals surface area contributed by atoms with Gasteiger partial charge in [-0.3, -0.25) is 0 Å². The molecule has 1 fully saturated rings. The Hall–Kier alpha value is -2.39. The molecule has 5 nitrogen and oxygen atoms in total. The summed E-state index contributed by atoms with van der Waals surface area (Å²) < 4.78 is 73.7. The number of aryl methyl sites for hydroxylation is 1. The summed E-state index contributed by atoms with van der Waals surface area (Å²) in [5.74, 6) is 0.207. The maximum atomic E-state index is 13.5. The van der Waals surface area contributed by atoms with E-state index >= 15 is 0 Å². The molecule has 0 bridgehead atoms. The SMILES string of the molecule is O=S(=O)(c1ccccc1C(F)(F)F)n1c(CCC2CCCO2)nc2ccccc21. The molecule has 0 spiro atoms. The maximum Gasteiger partial charge on any atom is 0.417 e. The molecule has 1 atom stereocenters. The zero-order valence-corrected chi connectivity index (χ0v) is 16.2. The number of aromatic nitrogens is 2. The van der Waals surface area contributed by atoms with Crippen LogP contribution in [0.3, 0.4) is 0 Å². The Kier molecular flexibility index (Phi) is 5.12. The zero-order chi connectivity index (χ0) is 20.6. The van der Waals surface area contributed by atoms with Crippen LogP contribution in [0.5, 0.6) is 0 Å². The molecule has 1 aliphatic heterocycles. The summed E-state index contributed by atoms with van der Waals surface area (Å²) in [6.07, 6.45) is -2.12. The number of para-hydroxylation sites is 2. The number of hydrogen-bond donors (Lipinski definition) is 0. The van der Waals surface area contributed by atoms with Crippen molar-refractivity contribution < 1.29 is 26.3 Å². The summed E-state index contributed by atoms with van der Waals surface area (Å²) in [5, 5.41) is 0. The number of hydrogen-bond acceptors (Lipinski definition) is 4. The minimum atomic E-state index is -4.79. The third-order valence-corrected chi connectivity index (χ3v) is 6.81. The van der Waals surface area contributed by atoms with Gasteiger partial charge in [0.1, 0.15) is 10.7 Å². The van der Waals surface area contributed by atoms with Crippen molar-refractivity contribution in [2.45, 2.75) is 42.9 Å². The highest BCUT2D eigenvalue weighted by molar-refractivity contribution is 7.90. The van der Waals surface area contributed by atoms with Gasteiger partial charge in [0.2, 0.25) is 0 Å². The Balaban J connectivity index is 1.85. The summed E-state index contributed by atoms with van der Waals surface area (Å²) in [4.78, 5) is 3.62. The number of fused-ring (bicyclic) bond motifs is 1. The lowest BCUT2D eigenvalue weighted by atomic mass is 10.1. The van der Waals surface area contributed by atoms with Crippen molar-refractivity contribution in [2.24, 2.45) is 0 Å². The van der Waals surface area contributed by atoms with Gasteiger partial charge in [-0.1, -0.05) is 24.3 Å². The fourth-order valence-corrected chi connectivity index (χ4v) is 5.40. The van der Waals surface area contributed by atoms with Crippen molar-refractivity contribution >= 4 is 21.1 Å². The predicted molar refractivity (Wildman–Crippen MR) is 101 cm³/mol. The van der Waals surface area contributed by atoms with Crippen LogP contribution >= 0.6 is 0 Å². The monoisotopic (exact) mass is 424 g/mol. The van der Waals surface area contributed by atoms with Crippen LogP contribution in [0.4, 0.5) is 13.2 Å². The molecule has 29 heavy (non-hydrogen) atoms. The zero-order valence-electron chi connectivity index (χ0n) is 15.4. The molecule has 154 valence electrons. The van der Waals surface area contributed by atoms with Gasteiger partial charge in [0.25, 0.3) is 10.0 Å². The van der Waals surface area contributed by atoms with Gasteiger partial charge < -0.3 is 4.74 Å². The summed E-state index contributed by atoms with van der Waals surface area (Å²) in [6.45, 7) is 0.665. The molecule has 0 radical (unpaired) electrons. The van der Waals surface area contributed by atoms with Crippen molar-refractivity contribution in [3.05, 3.63) is 59.9 Å². The van der Waals surface area contributed by atoms with Gasteiger partial charge in [0.15, 0.2) is 0 Å². The smallest absolute Gasteiger partial charge is 0.378 e. The van der Waals surface area contributed by atoms with Crippen molar-refractivity contribution in [1.82, 2.24) is 8.96 Å². The predicted octanol–water partition coefficient (Wildman–Crippen LogP) is 4.40. The van der Waals surface area contributed by atoms with Gasteiger partial charge in [0.05, 0.1) is 22.7 Å². The Morgan fingerprint density at radius 1 is 1.10 bits per heavy atom. The molecule has 2 aromatic carbocycles. The Bertz CT molecular complexity index is 1130. The van der Waals surface area contributed by atoms with E-state index in [1.54, 1.807) is 24.3 Å². The highest BCUT2D eigenvalue weighted by Gasteiger charge is 2.38. The number of rotatable bonds is 5. The minimum absolute atomic E-state index is 0.00780. The second kappa shape index (κ2) is 7.46. The summed E-state index contributed by atoms with van der Waals surface area (Å²) in [6, 6.07) is 10.8. The van der Waals surface area contributed by atoms with Gasteiger partial charge in [-0.2, -0.15) is 13.2 Å². The molecule has 0 amide bonds. The first kappa shape index (κ1) is 19.9. The first-order chi connectivity index (χ1) is 13.8. The standard InChI is InChI=1S/C20H19F3N2O3S/c21-20(22,23)15-7-1-4-10-18(15)29(26,27)25-17-9-3-2-8-16(17)24-19(25)12-11-14-6-5-13-28-14/h1-4,7-10,14H,5-6,11-13H2. The molecule has 1 aromatic heterocycles. The van der Waals surface area contributed by atoms with Crippen LogP contribution in [0.2, 0.25) is 0 Å². The lowest BCUT2D eigenvalue weighted by Crippen LogP contribution is -2.21. The third-order valence-electron chi connectivity index (χ3n) is 5.01. The van der Waals surface area contributed by atoms with E-state index in [-0.39, 0.29) is 23.9 Å². The van der Waals surface area contributed by atoms with Crippen LogP contribution in [0.25, 0.3) is 11.0 Å². The average molecular weight is 424 g/mol. The fourth-order valence-electron chi connectivity index (χ4n) is 3.67. The molecular weight excluding hydrogens is 405 g/mol. The number of imidazole rings is 1. The first-order valence-electron chi connectivity index (χ1n) is 9.28. The topological polar surface area (TPSA) is 61.2 Å². The summed E-state index contributed by atoms with van der Waals surface area (Å²) in [7, 11) is -4.52. The van der Waals surface area contributed by atoms with E-state index in [1.165, 1.54) is 12.1 Å². The molecular formula is C20H19F3N2O3S. The van der Waals surface area contributed by atoms with Crippen LogP contribution in [0.15, 0.2) is 53.4 Å². The van der Waals surface area contributed by atoms with E-state index in [0.717, 1.165) is 28.9 Å². The van der Waals surface area contributed by atoms with Crippen LogP contribution in [0, 0.1) is 0 Å². The van der Waals surface area contributed by atoms with Gasteiger partial charge >= 0.3 is 6.18 Å². The number of alkyl halides is 3. The number of benzene rings is 2. The van der Waals surface area contributed by atoms with Gasteiger partial charge in [-0.25, -0.2) is 17.4 Å². The molecule has 0 N–H and O–H groups in total. The lowest BCUT2D eigenvalue weighted by Gasteiger charge is -2.16. The minimum Gasteiger partial charge on any atom is -0.378 e. The molecule has 0 aliphatic carbocycles. The highest BCUT2D eigenvalue weighted by Crippen LogP contribution is 2.36. The van der Waals surface area contributed by atoms with Crippen molar-refractivity contribution in [2.75, 3.05) is 6.61 Å². The van der Waals surface area contributed by atoms with E-state index in [9.17, 15) is 21.6 Å². The van der Waals surface area contributed by atoms with Crippen LogP contribution in [-0.4, -0.2) is 30.1 Å². The van der Waals surface area contributed by atoms with E-state index < -0.39 is 26.7 Å². The third kappa shape index (κ3) is 3.76. The largest absolute Gasteiger partial charge is 0.417 e. The van der Waals surface area contributed by atoms with E-state index in [2.05, 4.69) is 4.98 Å². The average Bonchev–Trinajstić information content (AvgIpc) is 3.33. The van der Waals surface area contributed by atoms with Gasteiger partial charge in [-0.05, 0) is 43.5 Å². The van der Waals surface area contributed by atoms with E-state index in [0.29, 0.717) is 18.5 Å². The Morgan fingerprint density at radius 2 is 1.83 bits per heavy atom. The van der Waals surface area contributed by atoms with Gasteiger partial charge in [0, 0.05) is 13.0 Å². The van der Waals surface area contributed by atoms with E-state index in [1.807, 2.05) is 0 Å². The first-order valence-corrected chi connectivity index (χ1v) is 10.7. The Labute approximate surface area is 166 Å². The maximum absolute atomic E-state index is 13.5. The van der Waals surface area contributed by atoms with Crippen LogP contribution in [-0.2, 0) is 27.4 Å². The molecule has 9 heteroatoms. The molecule has 3 aromatic rings. The second-order valence-electron chi connectivity index (χ2n) is 6.95. The number of nitrogens with zero attached hydrogens (tertiary/aromatic N) is 2. The van der Waals surface area contributed by atoms with E-state index in [4.69, 9.17) is 4.74 Å². The molecule has 1 aliphatic rings. The van der Waals surface area contributed by atoms with Crippen LogP contribution in [0.1, 0.15) is 30.7 Å². The van der Waals surface area contributed by atoms with Crippen molar-refractivity contribution in [1.29, 1.82) is 0 Å². The Morgan fingerprint density at radius 3 is 2.55 bits per heavy atom. The highest BCUT2D eigenvalue weighted by atomic mass is 32.2. The van der Waals surface area contributed by atoms with Crippen LogP contribution < -0.4 is 0 Å². The quantitative estimate of drug-likeness (QED) is 0.609. The fraction of sp³-hybridized carbons (Fsp3) is 0.350. The van der Waals surface area contributed by atoms with Crippen molar-refractivity contribution in [3.63, 3.8) is 0 Å². The second-order valence-corrected chi connectivity index (χ2v) is 8.71. The van der Waals surface area contributed by atoms with Crippen molar-refractivity contribution in [3.8, 4) is 0 Å². The van der Waals surface area contributed by atoms with Gasteiger partial charge in [-0.15, -0.1) is 0 Å². The summed E-state index contributed by atoms with van der Waals surface area (Å²) in [5.41, 5.74) is -0.516. The molecule has 1 unspecified atom stereocenters. The number of halogens is 3. The lowest BCUT2D eigenvalue weighted by molar-refractivity contribution is -0.139. The molecule has 1 saturated heterocycles.